The van der Waals surface area contributed by atoms with Crippen LogP contribution in [-0.4, -0.2) is 34.0 Å². The van der Waals surface area contributed by atoms with Gasteiger partial charge in [0.05, 0.1) is 23.6 Å². The molecule has 28 heavy (non-hydrogen) atoms. The molecule has 1 aromatic heterocycles. The molecule has 0 unspecified atom stereocenters. The Morgan fingerprint density at radius 3 is 2.61 bits per heavy atom. The number of halogens is 1. The van der Waals surface area contributed by atoms with E-state index in [4.69, 9.17) is 16.3 Å². The Kier molecular flexibility index (Phi) is 6.67. The van der Waals surface area contributed by atoms with Crippen molar-refractivity contribution in [2.45, 2.75) is 11.6 Å². The zero-order valence-electron chi connectivity index (χ0n) is 14.9. The molecule has 1 heterocycles. The number of para-hydroxylation sites is 1. The van der Waals surface area contributed by atoms with Gasteiger partial charge in [-0.3, -0.25) is 14.6 Å². The van der Waals surface area contributed by atoms with Crippen LogP contribution in [0.25, 0.3) is 0 Å². The third-order valence-electron chi connectivity index (χ3n) is 3.76. The fourth-order valence-electron chi connectivity index (χ4n) is 2.35. The van der Waals surface area contributed by atoms with Gasteiger partial charge < -0.3 is 10.1 Å². The molecule has 3 aromatic rings. The number of hydrogen-bond donors (Lipinski definition) is 2. The van der Waals surface area contributed by atoms with Gasteiger partial charge in [0.15, 0.2) is 5.16 Å². The van der Waals surface area contributed by atoms with E-state index in [1.165, 1.54) is 0 Å². The first-order valence-corrected chi connectivity index (χ1v) is 9.67. The Hall–Kier alpha value is -2.84. The summed E-state index contributed by atoms with van der Waals surface area (Å²) in [5.74, 6) is 0.543. The van der Waals surface area contributed by atoms with E-state index in [1.54, 1.807) is 31.4 Å². The van der Waals surface area contributed by atoms with Crippen molar-refractivity contribution in [1.29, 1.82) is 0 Å². The van der Waals surface area contributed by atoms with Gasteiger partial charge in [-0.15, -0.1) is 10.2 Å². The van der Waals surface area contributed by atoms with Crippen LogP contribution >= 0.6 is 23.4 Å². The van der Waals surface area contributed by atoms with Gasteiger partial charge in [0.25, 0.3) is 5.56 Å². The molecule has 2 N–H and O–H groups in total. The van der Waals surface area contributed by atoms with E-state index < -0.39 is 0 Å². The quantitative estimate of drug-likeness (QED) is 0.574. The third-order valence-corrected chi connectivity index (χ3v) is 4.96. The van der Waals surface area contributed by atoms with E-state index >= 15 is 0 Å². The molecule has 0 fully saturated rings. The minimum absolute atomic E-state index is 0.0632. The van der Waals surface area contributed by atoms with Crippen molar-refractivity contribution in [3.63, 3.8) is 0 Å². The van der Waals surface area contributed by atoms with Crippen LogP contribution in [0.5, 0.6) is 5.75 Å². The van der Waals surface area contributed by atoms with Gasteiger partial charge in [-0.25, -0.2) is 0 Å². The van der Waals surface area contributed by atoms with Crippen molar-refractivity contribution >= 4 is 35.0 Å². The molecule has 0 radical (unpaired) electrons. The van der Waals surface area contributed by atoms with Crippen LogP contribution in [0.3, 0.4) is 0 Å². The largest absolute Gasteiger partial charge is 0.497 e. The van der Waals surface area contributed by atoms with Crippen LogP contribution in [0.15, 0.2) is 58.5 Å². The number of carbonyl (C=O) groups is 1. The topological polar surface area (TPSA) is 97.0 Å². The van der Waals surface area contributed by atoms with E-state index in [9.17, 15) is 9.59 Å². The number of ether oxygens (including phenoxy) is 1. The zero-order valence-corrected chi connectivity index (χ0v) is 16.5. The Morgan fingerprint density at radius 1 is 1.18 bits per heavy atom. The molecule has 1 amide bonds. The van der Waals surface area contributed by atoms with E-state index in [1.807, 2.05) is 24.3 Å². The number of aromatic nitrogens is 3. The molecule has 0 bridgehead atoms. The first-order chi connectivity index (χ1) is 13.5. The van der Waals surface area contributed by atoms with Crippen LogP contribution in [0.4, 0.5) is 5.69 Å². The first-order valence-electron chi connectivity index (χ1n) is 8.31. The Labute approximate surface area is 170 Å². The number of thioether (sulfide) groups is 1. The second-order valence-corrected chi connectivity index (χ2v) is 7.12. The van der Waals surface area contributed by atoms with Crippen molar-refractivity contribution in [2.75, 3.05) is 18.2 Å². The molecule has 0 saturated heterocycles. The van der Waals surface area contributed by atoms with E-state index in [2.05, 4.69) is 20.5 Å². The molecule has 9 heteroatoms. The van der Waals surface area contributed by atoms with E-state index in [0.29, 0.717) is 22.8 Å². The summed E-state index contributed by atoms with van der Waals surface area (Å²) in [6.45, 7) is 0. The van der Waals surface area contributed by atoms with Crippen molar-refractivity contribution in [3.05, 3.63) is 75.2 Å². The van der Waals surface area contributed by atoms with Gasteiger partial charge in [-0.1, -0.05) is 47.6 Å². The molecule has 0 atom stereocenters. The van der Waals surface area contributed by atoms with Crippen LogP contribution in [0, 0.1) is 0 Å². The lowest BCUT2D eigenvalue weighted by Gasteiger charge is -2.06. The molecule has 0 saturated carbocycles. The number of rotatable bonds is 7. The summed E-state index contributed by atoms with van der Waals surface area (Å²) in [5.41, 5.74) is 1.42. The molecule has 0 aliphatic carbocycles. The molecule has 2 aromatic carbocycles. The summed E-state index contributed by atoms with van der Waals surface area (Å²) in [7, 11) is 1.59. The van der Waals surface area contributed by atoms with E-state index in [-0.39, 0.29) is 22.4 Å². The molecular weight excluding hydrogens is 400 g/mol. The lowest BCUT2D eigenvalue weighted by atomic mass is 10.1. The molecule has 144 valence electrons. The Balaban J connectivity index is 1.58. The summed E-state index contributed by atoms with van der Waals surface area (Å²) < 4.78 is 5.11. The summed E-state index contributed by atoms with van der Waals surface area (Å²) >= 11 is 7.10. The molecule has 3 rings (SSSR count). The Bertz CT molecular complexity index is 1020. The SMILES string of the molecule is COc1ccc(Cc2nnc(SCC(=O)Nc3ccccc3Cl)[nH]c2=O)cc1. The zero-order chi connectivity index (χ0) is 19.9. The predicted octanol–water partition coefficient (Wildman–Crippen LogP) is 3.15. The van der Waals surface area contributed by atoms with Crippen molar-refractivity contribution in [3.8, 4) is 5.75 Å². The number of nitrogens with one attached hydrogen (secondary N) is 2. The normalized spacial score (nSPS) is 10.5. The minimum atomic E-state index is -0.333. The highest BCUT2D eigenvalue weighted by atomic mass is 35.5. The van der Waals surface area contributed by atoms with Crippen molar-refractivity contribution < 1.29 is 9.53 Å². The third kappa shape index (κ3) is 5.34. The standard InChI is InChI=1S/C19H17ClN4O3S/c1-27-13-8-6-12(7-9-13)10-16-18(26)22-19(24-23-16)28-11-17(25)21-15-5-3-2-4-14(15)20/h2-9H,10-11H2,1H3,(H,21,25)(H,22,24,26). The lowest BCUT2D eigenvalue weighted by Crippen LogP contribution is -2.19. The van der Waals surface area contributed by atoms with Crippen LogP contribution in [0.2, 0.25) is 5.02 Å². The second kappa shape index (κ2) is 9.38. The summed E-state index contributed by atoms with van der Waals surface area (Å²) in [6.07, 6.45) is 0.351. The van der Waals surface area contributed by atoms with E-state index in [0.717, 1.165) is 23.1 Å². The number of aromatic amines is 1. The molecule has 0 aliphatic rings. The number of amides is 1. The average molecular weight is 417 g/mol. The van der Waals surface area contributed by atoms with Gasteiger partial charge in [0.1, 0.15) is 11.4 Å². The van der Waals surface area contributed by atoms with Crippen molar-refractivity contribution in [1.82, 2.24) is 15.2 Å². The molecule has 7 nitrogen and oxygen atoms in total. The monoisotopic (exact) mass is 416 g/mol. The highest BCUT2D eigenvalue weighted by Gasteiger charge is 2.10. The number of benzene rings is 2. The number of nitrogens with zero attached hydrogens (tertiary/aromatic N) is 2. The van der Waals surface area contributed by atoms with Gasteiger partial charge in [0, 0.05) is 6.42 Å². The highest BCUT2D eigenvalue weighted by molar-refractivity contribution is 7.99. The Morgan fingerprint density at radius 2 is 1.93 bits per heavy atom. The molecule has 0 aliphatic heterocycles. The summed E-state index contributed by atoms with van der Waals surface area (Å²) in [4.78, 5) is 26.9. The lowest BCUT2D eigenvalue weighted by molar-refractivity contribution is -0.113. The number of H-pyrrole nitrogens is 1. The number of anilines is 1. The summed E-state index contributed by atoms with van der Waals surface area (Å²) in [6, 6.07) is 14.3. The minimum Gasteiger partial charge on any atom is -0.497 e. The van der Waals surface area contributed by atoms with Crippen LogP contribution in [0.1, 0.15) is 11.3 Å². The first kappa shape index (κ1) is 19.9. The van der Waals surface area contributed by atoms with Gasteiger partial charge in [-0.2, -0.15) is 0 Å². The van der Waals surface area contributed by atoms with Gasteiger partial charge in [-0.05, 0) is 29.8 Å². The maximum atomic E-state index is 12.2. The number of hydrogen-bond acceptors (Lipinski definition) is 6. The smallest absolute Gasteiger partial charge is 0.273 e. The summed E-state index contributed by atoms with van der Waals surface area (Å²) in [5, 5.41) is 11.4. The number of carbonyl (C=O) groups excluding carboxylic acids is 1. The fourth-order valence-corrected chi connectivity index (χ4v) is 3.13. The van der Waals surface area contributed by atoms with Crippen LogP contribution < -0.4 is 15.6 Å². The van der Waals surface area contributed by atoms with Crippen molar-refractivity contribution in [2.24, 2.45) is 0 Å². The number of methoxy groups -OCH3 is 1. The maximum Gasteiger partial charge on any atom is 0.273 e. The van der Waals surface area contributed by atoms with Gasteiger partial charge >= 0.3 is 0 Å². The molecular formula is C19H17ClN4O3S. The fraction of sp³-hybridized carbons (Fsp3) is 0.158. The molecule has 0 spiro atoms. The average Bonchev–Trinajstić information content (AvgIpc) is 2.70. The van der Waals surface area contributed by atoms with Gasteiger partial charge in [0.2, 0.25) is 5.91 Å². The second-order valence-electron chi connectivity index (χ2n) is 5.75. The maximum absolute atomic E-state index is 12.2. The predicted molar refractivity (Wildman–Crippen MR) is 109 cm³/mol. The van der Waals surface area contributed by atoms with Crippen LogP contribution in [-0.2, 0) is 11.2 Å². The highest BCUT2D eigenvalue weighted by Crippen LogP contribution is 2.21.